The van der Waals surface area contributed by atoms with Gasteiger partial charge in [0.05, 0.1) is 9.24 Å². The monoisotopic (exact) mass is 413 g/mol. The second-order valence-electron chi connectivity index (χ2n) is 5.12. The van der Waals surface area contributed by atoms with Gasteiger partial charge in [-0.1, -0.05) is 35.3 Å². The van der Waals surface area contributed by atoms with Crippen molar-refractivity contribution in [2.75, 3.05) is 0 Å². The van der Waals surface area contributed by atoms with E-state index in [2.05, 4.69) is 41.1 Å². The third-order valence-electron chi connectivity index (χ3n) is 3.63. The van der Waals surface area contributed by atoms with E-state index in [9.17, 15) is 0 Å². The molecule has 0 fully saturated rings. The van der Waals surface area contributed by atoms with Crippen LogP contribution in [0.25, 0.3) is 0 Å². The average Bonchev–Trinajstić information content (AvgIpc) is 3.21. The predicted molar refractivity (Wildman–Crippen MR) is 110 cm³/mol. The van der Waals surface area contributed by atoms with Crippen LogP contribution < -0.4 is 0 Å². The third kappa shape index (κ3) is 4.36. The zero-order chi connectivity index (χ0) is 16.9. The highest BCUT2D eigenvalue weighted by Gasteiger charge is 2.11. The standard InChI is InChI=1S/C18H17Cl2NS3/c1-2-21-13(11-24-18-7-4-10-22-18)8-9-17(21)23-12-14-15(19)5-3-6-16(14)20/h3-10H,2,11-12H2,1H3. The first kappa shape index (κ1) is 18.3. The van der Waals surface area contributed by atoms with E-state index < -0.39 is 0 Å². The van der Waals surface area contributed by atoms with Gasteiger partial charge in [0, 0.05) is 33.8 Å². The van der Waals surface area contributed by atoms with Crippen LogP contribution in [0.5, 0.6) is 0 Å². The second kappa shape index (κ2) is 8.72. The lowest BCUT2D eigenvalue weighted by Gasteiger charge is -2.11. The summed E-state index contributed by atoms with van der Waals surface area (Å²) in [5, 5.41) is 4.85. The summed E-state index contributed by atoms with van der Waals surface area (Å²) in [6.45, 7) is 3.15. The van der Waals surface area contributed by atoms with Crippen LogP contribution in [0.4, 0.5) is 0 Å². The third-order valence-corrected chi connectivity index (χ3v) is 7.59. The van der Waals surface area contributed by atoms with Crippen LogP contribution in [-0.4, -0.2) is 4.57 Å². The van der Waals surface area contributed by atoms with Gasteiger partial charge in [0.2, 0.25) is 0 Å². The topological polar surface area (TPSA) is 4.93 Å². The Labute approximate surface area is 165 Å². The Bertz CT molecular complexity index is 776. The van der Waals surface area contributed by atoms with Gasteiger partial charge >= 0.3 is 0 Å². The molecule has 6 heteroatoms. The maximum absolute atomic E-state index is 6.27. The lowest BCUT2D eigenvalue weighted by atomic mass is 10.2. The van der Waals surface area contributed by atoms with Crippen molar-refractivity contribution in [1.82, 2.24) is 4.57 Å². The molecule has 0 bridgehead atoms. The van der Waals surface area contributed by atoms with Gasteiger partial charge in [0.15, 0.2) is 0 Å². The molecule has 0 atom stereocenters. The molecule has 0 aliphatic rings. The Hall–Kier alpha value is -0.520. The molecular weight excluding hydrogens is 397 g/mol. The Morgan fingerprint density at radius 1 is 0.958 bits per heavy atom. The van der Waals surface area contributed by atoms with E-state index in [1.165, 1.54) is 14.9 Å². The first-order valence-corrected chi connectivity index (χ1v) is 11.2. The van der Waals surface area contributed by atoms with Gasteiger partial charge in [0.25, 0.3) is 0 Å². The second-order valence-corrected chi connectivity index (χ2v) is 9.15. The summed E-state index contributed by atoms with van der Waals surface area (Å²) in [7, 11) is 0. The fraction of sp³-hybridized carbons (Fsp3) is 0.222. The van der Waals surface area contributed by atoms with Crippen molar-refractivity contribution in [2.24, 2.45) is 0 Å². The van der Waals surface area contributed by atoms with Crippen LogP contribution in [0.2, 0.25) is 10.0 Å². The molecule has 1 nitrogen and oxygen atoms in total. The van der Waals surface area contributed by atoms with Crippen molar-refractivity contribution in [3.8, 4) is 0 Å². The molecule has 3 aromatic rings. The van der Waals surface area contributed by atoms with Crippen LogP contribution in [0.3, 0.4) is 0 Å². The van der Waals surface area contributed by atoms with Crippen LogP contribution in [0, 0.1) is 0 Å². The van der Waals surface area contributed by atoms with Crippen molar-refractivity contribution in [3.05, 3.63) is 69.1 Å². The fourth-order valence-electron chi connectivity index (χ4n) is 2.41. The number of nitrogens with zero attached hydrogens (tertiary/aromatic N) is 1. The molecule has 126 valence electrons. The van der Waals surface area contributed by atoms with Gasteiger partial charge in [0.1, 0.15) is 0 Å². The number of thiophene rings is 1. The van der Waals surface area contributed by atoms with Crippen molar-refractivity contribution >= 4 is 58.1 Å². The van der Waals surface area contributed by atoms with E-state index in [1.54, 1.807) is 23.1 Å². The van der Waals surface area contributed by atoms with Crippen molar-refractivity contribution in [3.63, 3.8) is 0 Å². The highest BCUT2D eigenvalue weighted by Crippen LogP contribution is 2.34. The summed E-state index contributed by atoms with van der Waals surface area (Å²) in [4.78, 5) is 0. The molecule has 0 amide bonds. The smallest absolute Gasteiger partial charge is 0.0753 e. The maximum Gasteiger partial charge on any atom is 0.0753 e. The minimum Gasteiger partial charge on any atom is -0.339 e. The average molecular weight is 414 g/mol. The number of aromatic nitrogens is 1. The van der Waals surface area contributed by atoms with Crippen LogP contribution in [0.15, 0.2) is 57.1 Å². The van der Waals surface area contributed by atoms with Gasteiger partial charge in [-0.2, -0.15) is 0 Å². The molecule has 0 aliphatic carbocycles. The zero-order valence-electron chi connectivity index (χ0n) is 13.2. The number of thioether (sulfide) groups is 2. The van der Waals surface area contributed by atoms with Gasteiger partial charge < -0.3 is 4.57 Å². The van der Waals surface area contributed by atoms with E-state index in [-0.39, 0.29) is 0 Å². The fourth-order valence-corrected chi connectivity index (χ4v) is 6.05. The summed E-state index contributed by atoms with van der Waals surface area (Å²) in [5.41, 5.74) is 2.35. The van der Waals surface area contributed by atoms with E-state index in [0.29, 0.717) is 0 Å². The highest BCUT2D eigenvalue weighted by atomic mass is 35.5. The Morgan fingerprint density at radius 3 is 2.42 bits per heavy atom. The number of hydrogen-bond acceptors (Lipinski definition) is 3. The Balaban J connectivity index is 1.70. The number of hydrogen-bond donors (Lipinski definition) is 0. The van der Waals surface area contributed by atoms with E-state index in [4.69, 9.17) is 23.2 Å². The Kier molecular flexibility index (Phi) is 6.64. The minimum absolute atomic E-state index is 0.734. The van der Waals surface area contributed by atoms with Crippen LogP contribution in [-0.2, 0) is 18.1 Å². The molecule has 0 N–H and O–H groups in total. The van der Waals surface area contributed by atoms with Crippen LogP contribution in [0.1, 0.15) is 18.2 Å². The summed E-state index contributed by atoms with van der Waals surface area (Å²) in [5.74, 6) is 1.77. The van der Waals surface area contributed by atoms with Gasteiger partial charge in [-0.25, -0.2) is 0 Å². The summed E-state index contributed by atoms with van der Waals surface area (Å²) >= 11 is 18.0. The predicted octanol–water partition coefficient (Wildman–Crippen LogP) is 7.46. The first-order chi connectivity index (χ1) is 11.7. The first-order valence-electron chi connectivity index (χ1n) is 7.59. The summed E-state index contributed by atoms with van der Waals surface area (Å²) in [6, 6.07) is 14.4. The molecule has 24 heavy (non-hydrogen) atoms. The molecule has 0 saturated heterocycles. The van der Waals surface area contributed by atoms with Gasteiger partial charge in [-0.15, -0.1) is 34.9 Å². The van der Waals surface area contributed by atoms with E-state index in [1.807, 2.05) is 30.0 Å². The normalized spacial score (nSPS) is 11.1. The molecule has 0 unspecified atom stereocenters. The lowest BCUT2D eigenvalue weighted by molar-refractivity contribution is 0.678. The molecule has 0 radical (unpaired) electrons. The van der Waals surface area contributed by atoms with Gasteiger partial charge in [-0.05, 0) is 48.2 Å². The molecule has 3 rings (SSSR count). The zero-order valence-corrected chi connectivity index (χ0v) is 17.1. The van der Waals surface area contributed by atoms with Crippen molar-refractivity contribution in [1.29, 1.82) is 0 Å². The molecule has 0 aliphatic heterocycles. The number of benzene rings is 1. The van der Waals surface area contributed by atoms with Gasteiger partial charge in [-0.3, -0.25) is 0 Å². The number of halogens is 2. The lowest BCUT2D eigenvalue weighted by Crippen LogP contribution is -2.01. The number of rotatable bonds is 7. The largest absolute Gasteiger partial charge is 0.339 e. The van der Waals surface area contributed by atoms with Crippen molar-refractivity contribution < 1.29 is 0 Å². The van der Waals surface area contributed by atoms with Crippen LogP contribution >= 0.6 is 58.1 Å². The molecule has 2 heterocycles. The maximum atomic E-state index is 6.27. The van der Waals surface area contributed by atoms with E-state index >= 15 is 0 Å². The Morgan fingerprint density at radius 2 is 1.75 bits per heavy atom. The van der Waals surface area contributed by atoms with Crippen molar-refractivity contribution in [2.45, 2.75) is 34.2 Å². The molecular formula is C18H17Cl2NS3. The summed E-state index contributed by atoms with van der Waals surface area (Å²) < 4.78 is 3.73. The quantitative estimate of drug-likeness (QED) is 0.370. The SMILES string of the molecule is CCn1c(CSc2cccs2)ccc1SCc1c(Cl)cccc1Cl. The van der Waals surface area contributed by atoms with E-state index in [0.717, 1.165) is 33.7 Å². The highest BCUT2D eigenvalue weighted by molar-refractivity contribution is 8.00. The molecule has 0 saturated carbocycles. The molecule has 2 aromatic heterocycles. The molecule has 1 aromatic carbocycles. The molecule has 0 spiro atoms. The summed E-state index contributed by atoms with van der Waals surface area (Å²) in [6.07, 6.45) is 0. The minimum atomic E-state index is 0.734.